The van der Waals surface area contributed by atoms with E-state index in [-0.39, 0.29) is 5.41 Å². The van der Waals surface area contributed by atoms with Crippen LogP contribution in [0.15, 0.2) is 182 Å². The van der Waals surface area contributed by atoms with Gasteiger partial charge in [-0.1, -0.05) is 123 Å². The summed E-state index contributed by atoms with van der Waals surface area (Å²) in [6.07, 6.45) is 0. The van der Waals surface area contributed by atoms with Gasteiger partial charge in [0.05, 0.1) is 33.5 Å². The summed E-state index contributed by atoms with van der Waals surface area (Å²) in [4.78, 5) is 10.9. The number of nitrogens with zero attached hydrogens (tertiary/aromatic N) is 4. The Kier molecular flexibility index (Phi) is 6.65. The number of benzene rings is 8. The summed E-state index contributed by atoms with van der Waals surface area (Å²) < 4.78 is 4.75. The lowest BCUT2D eigenvalue weighted by molar-refractivity contribution is 0.636. The summed E-state index contributed by atoms with van der Waals surface area (Å²) in [5.41, 5.74) is 14.4. The van der Waals surface area contributed by atoms with Crippen molar-refractivity contribution in [1.29, 1.82) is 0 Å². The number of hydrogen-bond donors (Lipinski definition) is 0. The van der Waals surface area contributed by atoms with E-state index < -0.39 is 0 Å². The predicted molar refractivity (Wildman–Crippen MR) is 237 cm³/mol. The van der Waals surface area contributed by atoms with Crippen LogP contribution in [0.5, 0.6) is 0 Å². The largest absolute Gasteiger partial charge is 0.309 e. The second-order valence-electron chi connectivity index (χ2n) is 15.8. The van der Waals surface area contributed by atoms with Gasteiger partial charge in [0, 0.05) is 55.0 Å². The highest BCUT2D eigenvalue weighted by molar-refractivity contribution is 6.14. The topological polar surface area (TPSA) is 35.6 Å². The molecule has 1 aliphatic rings. The Hall–Kier alpha value is -7.30. The van der Waals surface area contributed by atoms with E-state index in [1.54, 1.807) is 0 Å². The van der Waals surface area contributed by atoms with Gasteiger partial charge in [0.15, 0.2) is 5.82 Å². The van der Waals surface area contributed by atoms with E-state index in [0.29, 0.717) is 0 Å². The lowest BCUT2D eigenvalue weighted by Crippen LogP contribution is -2.17. The lowest BCUT2D eigenvalue weighted by atomic mass is 9.85. The van der Waals surface area contributed by atoms with Crippen LogP contribution in [0.25, 0.3) is 99.5 Å². The van der Waals surface area contributed by atoms with Gasteiger partial charge in [-0.25, -0.2) is 9.97 Å². The Morgan fingerprint density at radius 2 is 0.982 bits per heavy atom. The van der Waals surface area contributed by atoms with Gasteiger partial charge in [-0.2, -0.15) is 0 Å². The fourth-order valence-electron chi connectivity index (χ4n) is 9.55. The first-order valence-electron chi connectivity index (χ1n) is 19.7. The zero-order valence-corrected chi connectivity index (χ0v) is 31.6. The summed E-state index contributed by atoms with van der Waals surface area (Å²) in [5.74, 6) is 0.733. The van der Waals surface area contributed by atoms with Crippen molar-refractivity contribution in [1.82, 2.24) is 19.1 Å². The van der Waals surface area contributed by atoms with Crippen LogP contribution in [-0.2, 0) is 5.41 Å². The quantitative estimate of drug-likeness (QED) is 0.181. The van der Waals surface area contributed by atoms with Crippen LogP contribution < -0.4 is 0 Å². The second kappa shape index (κ2) is 11.8. The molecule has 0 N–H and O–H groups in total. The minimum Gasteiger partial charge on any atom is -0.309 e. The van der Waals surface area contributed by atoms with Crippen LogP contribution in [0.2, 0.25) is 0 Å². The van der Waals surface area contributed by atoms with Crippen LogP contribution >= 0.6 is 0 Å². The highest BCUT2D eigenvalue weighted by atomic mass is 15.0. The smallest absolute Gasteiger partial charge is 0.160 e. The Bertz CT molecular complexity index is 3420. The molecule has 0 amide bonds. The molecular formula is C53H36N4. The molecule has 0 saturated heterocycles. The molecule has 0 bridgehead atoms. The van der Waals surface area contributed by atoms with Crippen LogP contribution in [0.1, 0.15) is 25.1 Å². The molecule has 268 valence electrons. The van der Waals surface area contributed by atoms with Crippen molar-refractivity contribution in [2.75, 3.05) is 0 Å². The number of fused-ring (bicyclic) bond motifs is 10. The van der Waals surface area contributed by atoms with E-state index in [2.05, 4.69) is 205 Å². The molecule has 1 aliphatic carbocycles. The van der Waals surface area contributed by atoms with E-state index in [9.17, 15) is 0 Å². The molecule has 0 unspecified atom stereocenters. The summed E-state index contributed by atoms with van der Waals surface area (Å²) in [5, 5.41) is 7.41. The maximum absolute atomic E-state index is 5.50. The average molecular weight is 729 g/mol. The molecule has 3 heterocycles. The minimum absolute atomic E-state index is 0.294. The maximum atomic E-state index is 5.50. The van der Waals surface area contributed by atoms with Gasteiger partial charge >= 0.3 is 0 Å². The lowest BCUT2D eigenvalue weighted by Gasteiger charge is -2.21. The van der Waals surface area contributed by atoms with Gasteiger partial charge in [-0.05, 0) is 94.7 Å². The molecule has 0 aliphatic heterocycles. The Labute approximate surface area is 329 Å². The zero-order valence-electron chi connectivity index (χ0n) is 31.6. The van der Waals surface area contributed by atoms with E-state index in [0.717, 1.165) is 45.3 Å². The van der Waals surface area contributed by atoms with E-state index in [1.807, 2.05) is 0 Å². The highest BCUT2D eigenvalue weighted by Gasteiger charge is 2.39. The standard InChI is InChI=1S/C53H36N4/c1-53(2)44-21-11-8-20-41(44)49-50(36-26-29-47-42(31-36)39-18-9-12-22-45(39)56(47)37-16-4-3-5-17-37)54-52(55-51(49)53)33-24-27-38(28-25-33)57-46-23-13-10-19-40(46)43-30-34-14-6-7-15-35(34)32-48(43)57/h3-32H,1-2H3. The molecule has 0 saturated carbocycles. The number of aromatic nitrogens is 4. The van der Waals surface area contributed by atoms with Crippen molar-refractivity contribution < 1.29 is 0 Å². The first-order valence-corrected chi connectivity index (χ1v) is 19.7. The molecule has 0 fully saturated rings. The molecule has 0 radical (unpaired) electrons. The first kappa shape index (κ1) is 32.0. The van der Waals surface area contributed by atoms with Crippen molar-refractivity contribution >= 4 is 54.4 Å². The van der Waals surface area contributed by atoms with Crippen molar-refractivity contribution in [2.24, 2.45) is 0 Å². The number of rotatable bonds is 4. The Morgan fingerprint density at radius 3 is 1.74 bits per heavy atom. The van der Waals surface area contributed by atoms with Gasteiger partial charge in [-0.15, -0.1) is 0 Å². The molecule has 11 aromatic rings. The van der Waals surface area contributed by atoms with Crippen molar-refractivity contribution in [3.8, 4) is 45.1 Å². The van der Waals surface area contributed by atoms with Gasteiger partial charge in [0.2, 0.25) is 0 Å². The molecule has 8 aromatic carbocycles. The van der Waals surface area contributed by atoms with Gasteiger partial charge in [0.1, 0.15) is 0 Å². The molecule has 0 spiro atoms. The predicted octanol–water partition coefficient (Wildman–Crippen LogP) is 13.5. The molecular weight excluding hydrogens is 693 g/mol. The summed E-state index contributed by atoms with van der Waals surface area (Å²) in [7, 11) is 0. The van der Waals surface area contributed by atoms with Crippen LogP contribution in [-0.4, -0.2) is 19.1 Å². The molecule has 4 nitrogen and oxygen atoms in total. The van der Waals surface area contributed by atoms with Crippen molar-refractivity contribution in [3.63, 3.8) is 0 Å². The van der Waals surface area contributed by atoms with Crippen LogP contribution in [0.3, 0.4) is 0 Å². The van der Waals surface area contributed by atoms with E-state index in [4.69, 9.17) is 9.97 Å². The summed E-state index contributed by atoms with van der Waals surface area (Å²) >= 11 is 0. The number of hydrogen-bond acceptors (Lipinski definition) is 2. The molecule has 57 heavy (non-hydrogen) atoms. The Balaban J connectivity index is 1.05. The zero-order chi connectivity index (χ0) is 37.8. The third-order valence-corrected chi connectivity index (χ3v) is 12.3. The SMILES string of the molecule is CC1(C)c2ccccc2-c2c(-c3ccc4c(c3)c3ccccc3n4-c3ccccc3)nc(-c3ccc(-n4c5ccccc5c5cc6ccccc6cc54)cc3)nc21. The van der Waals surface area contributed by atoms with Gasteiger partial charge in [-0.3, -0.25) is 0 Å². The highest BCUT2D eigenvalue weighted by Crippen LogP contribution is 2.51. The maximum Gasteiger partial charge on any atom is 0.160 e. The molecule has 12 rings (SSSR count). The first-order chi connectivity index (χ1) is 28.0. The monoisotopic (exact) mass is 728 g/mol. The minimum atomic E-state index is -0.294. The third kappa shape index (κ3) is 4.62. The van der Waals surface area contributed by atoms with Gasteiger partial charge < -0.3 is 9.13 Å². The summed E-state index contributed by atoms with van der Waals surface area (Å²) in [6, 6.07) is 65.7. The number of para-hydroxylation sites is 3. The molecule has 0 atom stereocenters. The van der Waals surface area contributed by atoms with E-state index >= 15 is 0 Å². The molecule has 4 heteroatoms. The van der Waals surface area contributed by atoms with Crippen LogP contribution in [0, 0.1) is 0 Å². The fraction of sp³-hybridized carbons (Fsp3) is 0.0566. The fourth-order valence-corrected chi connectivity index (χ4v) is 9.55. The van der Waals surface area contributed by atoms with E-state index in [1.165, 1.54) is 65.5 Å². The Morgan fingerprint density at radius 1 is 0.421 bits per heavy atom. The van der Waals surface area contributed by atoms with Crippen molar-refractivity contribution in [2.45, 2.75) is 19.3 Å². The molecule has 3 aromatic heterocycles. The van der Waals surface area contributed by atoms with Crippen LogP contribution in [0.4, 0.5) is 0 Å². The normalized spacial score (nSPS) is 13.2. The van der Waals surface area contributed by atoms with Gasteiger partial charge in [0.25, 0.3) is 0 Å². The second-order valence-corrected chi connectivity index (χ2v) is 15.8. The van der Waals surface area contributed by atoms with Crippen molar-refractivity contribution in [3.05, 3.63) is 193 Å². The average Bonchev–Trinajstić information content (AvgIpc) is 3.85. The summed E-state index contributed by atoms with van der Waals surface area (Å²) in [6.45, 7) is 4.59. The third-order valence-electron chi connectivity index (χ3n) is 12.3.